The Bertz CT molecular complexity index is 370. The van der Waals surface area contributed by atoms with Crippen molar-refractivity contribution < 1.29 is 13.9 Å². The predicted molar refractivity (Wildman–Crippen MR) is 60.4 cm³/mol. The SMILES string of the molecule is CC(=O)C(Br)c1cccc(OCF)c1Cl. The number of halogens is 3. The van der Waals surface area contributed by atoms with E-state index in [1.807, 2.05) is 0 Å². The second-order valence-corrected chi connectivity index (χ2v) is 4.18. The van der Waals surface area contributed by atoms with Crippen LogP contribution < -0.4 is 4.74 Å². The number of alkyl halides is 2. The van der Waals surface area contributed by atoms with Gasteiger partial charge in [0, 0.05) is 0 Å². The molecule has 0 heterocycles. The summed E-state index contributed by atoms with van der Waals surface area (Å²) in [7, 11) is 0. The van der Waals surface area contributed by atoms with E-state index in [-0.39, 0.29) is 16.6 Å². The van der Waals surface area contributed by atoms with E-state index in [0.29, 0.717) is 5.56 Å². The topological polar surface area (TPSA) is 26.3 Å². The Morgan fingerprint density at radius 2 is 2.33 bits per heavy atom. The molecule has 2 nitrogen and oxygen atoms in total. The maximum atomic E-state index is 12.0. The maximum absolute atomic E-state index is 12.0. The van der Waals surface area contributed by atoms with E-state index < -0.39 is 11.7 Å². The highest BCUT2D eigenvalue weighted by atomic mass is 79.9. The highest BCUT2D eigenvalue weighted by Gasteiger charge is 2.18. The molecule has 0 aliphatic rings. The lowest BCUT2D eigenvalue weighted by Crippen LogP contribution is -2.03. The molecule has 1 aromatic rings. The normalized spacial score (nSPS) is 12.3. The minimum atomic E-state index is -0.948. The largest absolute Gasteiger partial charge is 0.461 e. The average Bonchev–Trinajstić information content (AvgIpc) is 2.20. The molecule has 1 aromatic carbocycles. The molecule has 0 radical (unpaired) electrons. The van der Waals surface area contributed by atoms with Crippen LogP contribution in [0.3, 0.4) is 0 Å². The summed E-state index contributed by atoms with van der Waals surface area (Å²) in [5.41, 5.74) is 0.579. The van der Waals surface area contributed by atoms with Gasteiger partial charge in [-0.25, -0.2) is 4.39 Å². The third-order valence-corrected chi connectivity index (χ3v) is 3.38. The first-order chi connectivity index (χ1) is 7.07. The molecule has 0 aliphatic heterocycles. The monoisotopic (exact) mass is 294 g/mol. The lowest BCUT2D eigenvalue weighted by molar-refractivity contribution is -0.116. The fraction of sp³-hybridized carbons (Fsp3) is 0.300. The van der Waals surface area contributed by atoms with E-state index in [9.17, 15) is 9.18 Å². The summed E-state index contributed by atoms with van der Waals surface area (Å²) in [6, 6.07) is 4.89. The third-order valence-electron chi connectivity index (χ3n) is 1.83. The Morgan fingerprint density at radius 1 is 1.67 bits per heavy atom. The van der Waals surface area contributed by atoms with Crippen LogP contribution in [0, 0.1) is 0 Å². The molecule has 0 aromatic heterocycles. The average molecular weight is 296 g/mol. The van der Waals surface area contributed by atoms with Crippen molar-refractivity contribution in [2.75, 3.05) is 6.86 Å². The summed E-state index contributed by atoms with van der Waals surface area (Å²) in [5.74, 6) is 0.164. The quantitative estimate of drug-likeness (QED) is 0.792. The molecule has 0 N–H and O–H groups in total. The van der Waals surface area contributed by atoms with E-state index in [1.54, 1.807) is 18.2 Å². The van der Waals surface area contributed by atoms with Gasteiger partial charge in [-0.1, -0.05) is 39.7 Å². The molecule has 1 atom stereocenters. The number of hydrogen-bond acceptors (Lipinski definition) is 2. The minimum Gasteiger partial charge on any atom is -0.461 e. The maximum Gasteiger partial charge on any atom is 0.228 e. The molecule has 0 spiro atoms. The highest BCUT2D eigenvalue weighted by molar-refractivity contribution is 9.09. The van der Waals surface area contributed by atoms with E-state index >= 15 is 0 Å². The Hall–Kier alpha value is -0.610. The first-order valence-corrected chi connectivity index (χ1v) is 5.49. The van der Waals surface area contributed by atoms with Gasteiger partial charge < -0.3 is 4.74 Å². The summed E-state index contributed by atoms with van der Waals surface area (Å²) in [6.45, 7) is 0.495. The Kier molecular flexibility index (Phi) is 4.54. The standard InChI is InChI=1S/C10H9BrClFO2/c1-6(14)9(11)7-3-2-4-8(10(7)12)15-5-13/h2-4,9H,5H2,1H3. The number of carbonyl (C=O) groups is 1. The van der Waals surface area contributed by atoms with Crippen molar-refractivity contribution in [1.29, 1.82) is 0 Å². The van der Waals surface area contributed by atoms with Gasteiger partial charge in [-0.2, -0.15) is 0 Å². The molecule has 0 aliphatic carbocycles. The molecule has 15 heavy (non-hydrogen) atoms. The zero-order valence-corrected chi connectivity index (χ0v) is 10.3. The van der Waals surface area contributed by atoms with Gasteiger partial charge in [-0.3, -0.25) is 4.79 Å². The zero-order valence-electron chi connectivity index (χ0n) is 7.97. The van der Waals surface area contributed by atoms with Crippen LogP contribution in [-0.4, -0.2) is 12.6 Å². The summed E-state index contributed by atoms with van der Waals surface area (Å²) in [6.07, 6.45) is 0. The molecule has 0 fully saturated rings. The van der Waals surface area contributed by atoms with Crippen molar-refractivity contribution in [3.63, 3.8) is 0 Å². The second kappa shape index (κ2) is 5.47. The van der Waals surface area contributed by atoms with Crippen molar-refractivity contribution in [3.05, 3.63) is 28.8 Å². The van der Waals surface area contributed by atoms with Crippen LogP contribution in [0.25, 0.3) is 0 Å². The molecular weight excluding hydrogens is 286 g/mol. The fourth-order valence-electron chi connectivity index (χ4n) is 1.11. The second-order valence-electron chi connectivity index (χ2n) is 2.89. The van der Waals surface area contributed by atoms with Gasteiger partial charge in [0.1, 0.15) is 11.5 Å². The highest BCUT2D eigenvalue weighted by Crippen LogP contribution is 2.36. The van der Waals surface area contributed by atoms with Gasteiger partial charge in [0.15, 0.2) is 0 Å². The number of ketones is 1. The third kappa shape index (κ3) is 2.92. The number of hydrogen-bond donors (Lipinski definition) is 0. The van der Waals surface area contributed by atoms with Crippen molar-refractivity contribution in [2.45, 2.75) is 11.8 Å². The Balaban J connectivity index is 3.08. The van der Waals surface area contributed by atoms with Crippen LogP contribution in [0.15, 0.2) is 18.2 Å². The van der Waals surface area contributed by atoms with Gasteiger partial charge >= 0.3 is 0 Å². The number of rotatable bonds is 4. The van der Waals surface area contributed by atoms with Gasteiger partial charge in [0.25, 0.3) is 0 Å². The number of carbonyl (C=O) groups excluding carboxylic acids is 1. The lowest BCUT2D eigenvalue weighted by atomic mass is 10.1. The number of benzene rings is 1. The van der Waals surface area contributed by atoms with E-state index in [0.717, 1.165) is 0 Å². The van der Waals surface area contributed by atoms with E-state index in [1.165, 1.54) is 6.92 Å². The van der Waals surface area contributed by atoms with Crippen molar-refractivity contribution in [3.8, 4) is 5.75 Å². The molecule has 0 bridgehead atoms. The van der Waals surface area contributed by atoms with Crippen molar-refractivity contribution >= 4 is 33.3 Å². The number of Topliss-reactive ketones (excluding diaryl/α,β-unsaturated/α-hetero) is 1. The van der Waals surface area contributed by atoms with Gasteiger partial charge in [0.2, 0.25) is 6.86 Å². The first kappa shape index (κ1) is 12.5. The van der Waals surface area contributed by atoms with Crippen LogP contribution in [0.5, 0.6) is 5.75 Å². The predicted octanol–water partition coefficient (Wildman–Crippen LogP) is 3.67. The van der Waals surface area contributed by atoms with Crippen LogP contribution in [0.4, 0.5) is 4.39 Å². The summed E-state index contributed by atoms with van der Waals surface area (Å²) in [4.78, 5) is 10.7. The van der Waals surface area contributed by atoms with Crippen molar-refractivity contribution in [2.24, 2.45) is 0 Å². The van der Waals surface area contributed by atoms with Crippen molar-refractivity contribution in [1.82, 2.24) is 0 Å². The van der Waals surface area contributed by atoms with Crippen LogP contribution in [0.1, 0.15) is 17.3 Å². The van der Waals surface area contributed by atoms with Crippen LogP contribution in [-0.2, 0) is 4.79 Å². The summed E-state index contributed by atoms with van der Waals surface area (Å²) < 4.78 is 16.7. The fourth-order valence-corrected chi connectivity index (χ4v) is 1.92. The molecule has 0 saturated heterocycles. The van der Waals surface area contributed by atoms with E-state index in [4.69, 9.17) is 11.6 Å². The summed E-state index contributed by atoms with van der Waals surface area (Å²) >= 11 is 9.16. The first-order valence-electron chi connectivity index (χ1n) is 4.19. The molecule has 0 saturated carbocycles. The van der Waals surface area contributed by atoms with E-state index in [2.05, 4.69) is 20.7 Å². The molecule has 0 amide bonds. The Morgan fingerprint density at radius 3 is 2.87 bits per heavy atom. The molecule has 1 unspecified atom stereocenters. The Labute approximate surface area is 101 Å². The van der Waals surface area contributed by atoms with Gasteiger partial charge in [-0.15, -0.1) is 0 Å². The van der Waals surface area contributed by atoms with Gasteiger partial charge in [0.05, 0.1) is 9.85 Å². The molecule has 82 valence electrons. The smallest absolute Gasteiger partial charge is 0.228 e. The molecule has 1 rings (SSSR count). The van der Waals surface area contributed by atoms with Crippen LogP contribution >= 0.6 is 27.5 Å². The lowest BCUT2D eigenvalue weighted by Gasteiger charge is -2.11. The molecule has 5 heteroatoms. The summed E-state index contributed by atoms with van der Waals surface area (Å²) in [5, 5.41) is 0.257. The minimum absolute atomic E-state index is 0.0747. The zero-order chi connectivity index (χ0) is 11.4. The van der Waals surface area contributed by atoms with Gasteiger partial charge in [-0.05, 0) is 18.6 Å². The van der Waals surface area contributed by atoms with Crippen LogP contribution in [0.2, 0.25) is 5.02 Å². The molecular formula is C10H9BrClFO2. The number of ether oxygens (including phenoxy) is 1.